The number of nitrogens with one attached hydrogen (secondary N) is 1. The molecule has 0 fully saturated rings. The van der Waals surface area contributed by atoms with Gasteiger partial charge in [0, 0.05) is 19.5 Å². The zero-order valence-corrected chi connectivity index (χ0v) is 11.5. The summed E-state index contributed by atoms with van der Waals surface area (Å²) in [5.74, 6) is 0.885. The highest BCUT2D eigenvalue weighted by atomic mass is 35.5. The highest BCUT2D eigenvalue weighted by Gasteiger charge is 2.08. The number of nitrogens with zero attached hydrogens (tertiary/aromatic N) is 2. The van der Waals surface area contributed by atoms with Gasteiger partial charge in [0.25, 0.3) is 5.56 Å². The van der Waals surface area contributed by atoms with Crippen LogP contribution in [0.4, 0.5) is 5.69 Å². The van der Waals surface area contributed by atoms with Crippen molar-refractivity contribution in [3.8, 4) is 0 Å². The molecule has 0 saturated heterocycles. The maximum absolute atomic E-state index is 11.9. The molecule has 0 aliphatic rings. The van der Waals surface area contributed by atoms with E-state index < -0.39 is 0 Å². The van der Waals surface area contributed by atoms with Crippen molar-refractivity contribution in [1.82, 2.24) is 9.78 Å². The Labute approximate surface area is 116 Å². The summed E-state index contributed by atoms with van der Waals surface area (Å²) in [6.45, 7) is 3.19. The second kappa shape index (κ2) is 6.43. The number of hydrogen-bond donors (Lipinski definition) is 1. The Balaban J connectivity index is 2.01. The van der Waals surface area contributed by atoms with E-state index in [2.05, 4.69) is 10.4 Å². The van der Waals surface area contributed by atoms with Crippen molar-refractivity contribution < 1.29 is 4.42 Å². The van der Waals surface area contributed by atoms with Gasteiger partial charge < -0.3 is 9.73 Å². The summed E-state index contributed by atoms with van der Waals surface area (Å²) in [5.41, 5.74) is 0.303. The molecule has 0 saturated carbocycles. The van der Waals surface area contributed by atoms with E-state index in [4.69, 9.17) is 16.0 Å². The van der Waals surface area contributed by atoms with Gasteiger partial charge in [-0.25, -0.2) is 4.68 Å². The van der Waals surface area contributed by atoms with Crippen LogP contribution in [0.15, 0.2) is 33.8 Å². The molecule has 0 aliphatic carbocycles. The predicted octanol–water partition coefficient (Wildman–Crippen LogP) is 2.55. The van der Waals surface area contributed by atoms with Crippen LogP contribution in [0.3, 0.4) is 0 Å². The first-order valence-corrected chi connectivity index (χ1v) is 6.62. The number of hydrogen-bond acceptors (Lipinski definition) is 4. The monoisotopic (exact) mass is 281 g/mol. The van der Waals surface area contributed by atoms with Crippen LogP contribution in [-0.2, 0) is 13.0 Å². The number of furan rings is 1. The molecule has 5 nitrogen and oxygen atoms in total. The number of aryl methyl sites for hydroxylation is 1. The first kappa shape index (κ1) is 13.7. The van der Waals surface area contributed by atoms with Crippen molar-refractivity contribution in [2.75, 3.05) is 11.9 Å². The van der Waals surface area contributed by atoms with Crippen molar-refractivity contribution >= 4 is 17.3 Å². The average Bonchev–Trinajstić information content (AvgIpc) is 2.91. The van der Waals surface area contributed by atoms with Crippen LogP contribution in [0.5, 0.6) is 0 Å². The summed E-state index contributed by atoms with van der Waals surface area (Å²) in [5, 5.41) is 7.36. The molecule has 102 valence electrons. The lowest BCUT2D eigenvalue weighted by molar-refractivity contribution is 0.513. The zero-order chi connectivity index (χ0) is 13.7. The van der Waals surface area contributed by atoms with Crippen LogP contribution in [0.25, 0.3) is 0 Å². The lowest BCUT2D eigenvalue weighted by Crippen LogP contribution is -2.24. The number of rotatable bonds is 6. The Morgan fingerprint density at radius 2 is 2.37 bits per heavy atom. The van der Waals surface area contributed by atoms with E-state index >= 15 is 0 Å². The molecule has 1 N–H and O–H groups in total. The molecular formula is C13H16ClN3O2. The molecule has 2 aromatic rings. The summed E-state index contributed by atoms with van der Waals surface area (Å²) in [6.07, 6.45) is 4.78. The predicted molar refractivity (Wildman–Crippen MR) is 74.7 cm³/mol. The Bertz CT molecular complexity index is 578. The SMILES string of the molecule is CCCn1ncc(NCCc2ccco2)c(Cl)c1=O. The molecule has 0 spiro atoms. The smallest absolute Gasteiger partial charge is 0.287 e. The molecule has 2 heterocycles. The molecule has 2 aromatic heterocycles. The van der Waals surface area contributed by atoms with E-state index in [0.29, 0.717) is 18.8 Å². The van der Waals surface area contributed by atoms with Crippen LogP contribution in [0.1, 0.15) is 19.1 Å². The van der Waals surface area contributed by atoms with E-state index in [1.807, 2.05) is 19.1 Å². The van der Waals surface area contributed by atoms with Gasteiger partial charge >= 0.3 is 0 Å². The van der Waals surface area contributed by atoms with Crippen LogP contribution in [0, 0.1) is 0 Å². The minimum Gasteiger partial charge on any atom is -0.469 e. The van der Waals surface area contributed by atoms with Gasteiger partial charge in [-0.05, 0) is 18.6 Å². The Kier molecular flexibility index (Phi) is 4.63. The van der Waals surface area contributed by atoms with E-state index in [9.17, 15) is 4.79 Å². The molecule has 6 heteroatoms. The van der Waals surface area contributed by atoms with Gasteiger partial charge in [0.05, 0.1) is 18.1 Å². The van der Waals surface area contributed by atoms with Gasteiger partial charge in [0.2, 0.25) is 0 Å². The average molecular weight is 282 g/mol. The van der Waals surface area contributed by atoms with Gasteiger partial charge in [-0.2, -0.15) is 5.10 Å². The molecule has 0 amide bonds. The van der Waals surface area contributed by atoms with E-state index in [0.717, 1.165) is 18.6 Å². The molecule has 0 radical (unpaired) electrons. The molecule has 0 atom stereocenters. The zero-order valence-electron chi connectivity index (χ0n) is 10.7. The molecule has 0 unspecified atom stereocenters. The fourth-order valence-electron chi connectivity index (χ4n) is 1.73. The van der Waals surface area contributed by atoms with Crippen molar-refractivity contribution in [3.05, 3.63) is 45.7 Å². The minimum atomic E-state index is -0.258. The van der Waals surface area contributed by atoms with Crippen LogP contribution in [0.2, 0.25) is 5.02 Å². The Hall–Kier alpha value is -1.75. The normalized spacial score (nSPS) is 10.6. The maximum atomic E-state index is 11.9. The first-order valence-electron chi connectivity index (χ1n) is 6.24. The quantitative estimate of drug-likeness (QED) is 0.884. The second-order valence-corrected chi connectivity index (χ2v) is 4.53. The molecular weight excluding hydrogens is 266 g/mol. The summed E-state index contributed by atoms with van der Waals surface area (Å²) in [6, 6.07) is 3.75. The molecule has 0 bridgehead atoms. The Morgan fingerprint density at radius 3 is 3.05 bits per heavy atom. The highest BCUT2D eigenvalue weighted by molar-refractivity contribution is 6.32. The van der Waals surface area contributed by atoms with Gasteiger partial charge in [0.1, 0.15) is 10.8 Å². The van der Waals surface area contributed by atoms with E-state index in [1.165, 1.54) is 4.68 Å². The standard InChI is InChI=1S/C13H16ClN3O2/c1-2-7-17-13(18)12(14)11(9-16-17)15-6-5-10-4-3-8-19-10/h3-4,8-9,15H,2,5-7H2,1H3. The third kappa shape index (κ3) is 3.38. The van der Waals surface area contributed by atoms with Crippen LogP contribution < -0.4 is 10.9 Å². The number of anilines is 1. The molecule has 0 aromatic carbocycles. The van der Waals surface area contributed by atoms with Crippen molar-refractivity contribution in [1.29, 1.82) is 0 Å². The third-order valence-electron chi connectivity index (χ3n) is 2.69. The highest BCUT2D eigenvalue weighted by Crippen LogP contribution is 2.15. The largest absolute Gasteiger partial charge is 0.469 e. The van der Waals surface area contributed by atoms with Gasteiger partial charge in [0.15, 0.2) is 0 Å². The van der Waals surface area contributed by atoms with Crippen molar-refractivity contribution in [2.45, 2.75) is 26.3 Å². The lowest BCUT2D eigenvalue weighted by Gasteiger charge is -2.09. The van der Waals surface area contributed by atoms with E-state index in [-0.39, 0.29) is 10.6 Å². The van der Waals surface area contributed by atoms with Crippen molar-refractivity contribution in [3.63, 3.8) is 0 Å². The van der Waals surface area contributed by atoms with Crippen molar-refractivity contribution in [2.24, 2.45) is 0 Å². The van der Waals surface area contributed by atoms with E-state index in [1.54, 1.807) is 12.5 Å². The van der Waals surface area contributed by atoms with Gasteiger partial charge in [-0.3, -0.25) is 4.79 Å². The van der Waals surface area contributed by atoms with Crippen LogP contribution >= 0.6 is 11.6 Å². The van der Waals surface area contributed by atoms with Crippen LogP contribution in [-0.4, -0.2) is 16.3 Å². The summed E-state index contributed by atoms with van der Waals surface area (Å²) in [4.78, 5) is 11.9. The fourth-order valence-corrected chi connectivity index (χ4v) is 1.95. The number of aromatic nitrogens is 2. The number of halogens is 1. The Morgan fingerprint density at radius 1 is 1.53 bits per heavy atom. The molecule has 2 rings (SSSR count). The summed E-state index contributed by atoms with van der Waals surface area (Å²) >= 11 is 6.04. The maximum Gasteiger partial charge on any atom is 0.287 e. The molecule has 0 aliphatic heterocycles. The van der Waals surface area contributed by atoms with Gasteiger partial charge in [-0.15, -0.1) is 0 Å². The molecule has 19 heavy (non-hydrogen) atoms. The lowest BCUT2D eigenvalue weighted by atomic mass is 10.3. The third-order valence-corrected chi connectivity index (χ3v) is 3.05. The fraction of sp³-hybridized carbons (Fsp3) is 0.385. The summed E-state index contributed by atoms with van der Waals surface area (Å²) in [7, 11) is 0. The minimum absolute atomic E-state index is 0.183. The van der Waals surface area contributed by atoms with Gasteiger partial charge in [-0.1, -0.05) is 18.5 Å². The topological polar surface area (TPSA) is 60.1 Å². The first-order chi connectivity index (χ1) is 9.22. The second-order valence-electron chi connectivity index (χ2n) is 4.16. The summed E-state index contributed by atoms with van der Waals surface area (Å²) < 4.78 is 6.60.